The van der Waals surface area contributed by atoms with Gasteiger partial charge in [-0.1, -0.05) is 6.07 Å². The van der Waals surface area contributed by atoms with E-state index in [0.717, 1.165) is 4.90 Å². The van der Waals surface area contributed by atoms with Gasteiger partial charge in [0.1, 0.15) is 5.75 Å². The van der Waals surface area contributed by atoms with Gasteiger partial charge < -0.3 is 10.5 Å². The van der Waals surface area contributed by atoms with Crippen molar-refractivity contribution in [3.63, 3.8) is 0 Å². The molecule has 2 aromatic rings. The Kier molecular flexibility index (Phi) is 4.64. The van der Waals surface area contributed by atoms with Crippen LogP contribution < -0.4 is 10.5 Å². The Morgan fingerprint density at radius 1 is 1.33 bits per heavy atom. The highest BCUT2D eigenvalue weighted by atomic mass is 32.2. The Morgan fingerprint density at radius 2 is 2.10 bits per heavy atom. The second-order valence-corrected chi connectivity index (χ2v) is 5.25. The number of halogens is 1. The van der Waals surface area contributed by atoms with Gasteiger partial charge in [-0.3, -0.25) is 10.1 Å². The molecule has 0 unspecified atom stereocenters. The largest absolute Gasteiger partial charge is 0.497 e. The Morgan fingerprint density at radius 3 is 2.71 bits per heavy atom. The van der Waals surface area contributed by atoms with Crippen LogP contribution in [0.4, 0.5) is 15.8 Å². The molecule has 2 aromatic carbocycles. The number of anilines is 1. The summed E-state index contributed by atoms with van der Waals surface area (Å²) >= 11 is 1.41. The SMILES string of the molecule is COc1ccc(N)c(SCc2ccc([N+](=O)[O-])c(F)c2)c1. The first-order valence-corrected chi connectivity index (χ1v) is 6.99. The summed E-state index contributed by atoms with van der Waals surface area (Å²) in [6.07, 6.45) is 0. The molecule has 0 fully saturated rings. The first kappa shape index (κ1) is 15.1. The van der Waals surface area contributed by atoms with Gasteiger partial charge in [0.2, 0.25) is 5.82 Å². The lowest BCUT2D eigenvalue weighted by Crippen LogP contribution is -1.94. The molecule has 2 N–H and O–H groups in total. The van der Waals surface area contributed by atoms with E-state index in [2.05, 4.69) is 0 Å². The number of nitro groups is 1. The van der Waals surface area contributed by atoms with Crippen LogP contribution in [0.3, 0.4) is 0 Å². The van der Waals surface area contributed by atoms with E-state index >= 15 is 0 Å². The number of ether oxygens (including phenoxy) is 1. The Bertz CT molecular complexity index is 679. The standard InChI is InChI=1S/C14H13FN2O3S/c1-20-10-3-4-12(16)14(7-10)21-8-9-2-5-13(17(18)19)11(15)6-9/h2-7H,8,16H2,1H3. The summed E-state index contributed by atoms with van der Waals surface area (Å²) in [7, 11) is 1.56. The van der Waals surface area contributed by atoms with E-state index in [4.69, 9.17) is 10.5 Å². The number of thioether (sulfide) groups is 1. The van der Waals surface area contributed by atoms with Crippen LogP contribution in [-0.4, -0.2) is 12.0 Å². The molecule has 7 heteroatoms. The highest BCUT2D eigenvalue weighted by Gasteiger charge is 2.14. The highest BCUT2D eigenvalue weighted by Crippen LogP contribution is 2.32. The first-order valence-electron chi connectivity index (χ1n) is 6.00. The minimum absolute atomic E-state index is 0.451. The molecule has 0 radical (unpaired) electrons. The fourth-order valence-corrected chi connectivity index (χ4v) is 2.65. The van der Waals surface area contributed by atoms with E-state index in [1.54, 1.807) is 25.3 Å². The molecule has 0 atom stereocenters. The number of methoxy groups -OCH3 is 1. The van der Waals surface area contributed by atoms with Crippen LogP contribution >= 0.6 is 11.8 Å². The lowest BCUT2D eigenvalue weighted by atomic mass is 10.2. The average Bonchev–Trinajstić information content (AvgIpc) is 2.46. The van der Waals surface area contributed by atoms with E-state index in [1.807, 2.05) is 0 Å². The number of nitrogens with two attached hydrogens (primary N) is 1. The molecule has 0 spiro atoms. The molecule has 2 rings (SSSR count). The molecule has 0 bridgehead atoms. The predicted molar refractivity (Wildman–Crippen MR) is 80.0 cm³/mol. The zero-order valence-electron chi connectivity index (χ0n) is 11.2. The van der Waals surface area contributed by atoms with E-state index in [-0.39, 0.29) is 0 Å². The summed E-state index contributed by atoms with van der Waals surface area (Å²) in [6, 6.07) is 9.15. The maximum atomic E-state index is 13.5. The molecule has 0 aromatic heterocycles. The molecule has 0 aliphatic heterocycles. The molecule has 0 amide bonds. The number of nitrogens with zero attached hydrogens (tertiary/aromatic N) is 1. The van der Waals surface area contributed by atoms with Crippen LogP contribution in [0, 0.1) is 15.9 Å². The van der Waals surface area contributed by atoms with Crippen molar-refractivity contribution >= 4 is 23.1 Å². The van der Waals surface area contributed by atoms with E-state index < -0.39 is 16.4 Å². The number of benzene rings is 2. The van der Waals surface area contributed by atoms with Crippen LogP contribution in [0.25, 0.3) is 0 Å². The predicted octanol–water partition coefficient (Wildman–Crippen LogP) is 3.62. The highest BCUT2D eigenvalue weighted by molar-refractivity contribution is 7.98. The molecule has 0 saturated heterocycles. The first-order chi connectivity index (χ1) is 10.0. The molecule has 0 saturated carbocycles. The minimum atomic E-state index is -0.836. The van der Waals surface area contributed by atoms with Gasteiger partial charge in [-0.25, -0.2) is 0 Å². The number of hydrogen-bond acceptors (Lipinski definition) is 5. The van der Waals surface area contributed by atoms with Crippen molar-refractivity contribution in [2.24, 2.45) is 0 Å². The maximum absolute atomic E-state index is 13.5. The van der Waals surface area contributed by atoms with E-state index in [9.17, 15) is 14.5 Å². The van der Waals surface area contributed by atoms with Crippen LogP contribution in [0.1, 0.15) is 5.56 Å². The fraction of sp³-hybridized carbons (Fsp3) is 0.143. The number of nitrogen functional groups attached to an aromatic ring is 1. The van der Waals surface area contributed by atoms with Gasteiger partial charge in [0, 0.05) is 22.4 Å². The van der Waals surface area contributed by atoms with E-state index in [0.29, 0.717) is 22.8 Å². The molecule has 5 nitrogen and oxygen atoms in total. The van der Waals surface area contributed by atoms with Gasteiger partial charge in [0.15, 0.2) is 0 Å². The summed E-state index contributed by atoms with van der Waals surface area (Å²) in [4.78, 5) is 10.6. The summed E-state index contributed by atoms with van der Waals surface area (Å²) < 4.78 is 18.6. The number of nitro benzene ring substituents is 1. The zero-order chi connectivity index (χ0) is 15.4. The van der Waals surface area contributed by atoms with Gasteiger partial charge in [-0.05, 0) is 29.8 Å². The van der Waals surface area contributed by atoms with Gasteiger partial charge in [-0.15, -0.1) is 11.8 Å². The van der Waals surface area contributed by atoms with Gasteiger partial charge in [0.05, 0.1) is 12.0 Å². The number of rotatable bonds is 5. The smallest absolute Gasteiger partial charge is 0.304 e. The molecule has 110 valence electrons. The lowest BCUT2D eigenvalue weighted by Gasteiger charge is -2.08. The van der Waals surface area contributed by atoms with Crippen molar-refractivity contribution in [2.45, 2.75) is 10.6 Å². The number of hydrogen-bond donors (Lipinski definition) is 1. The quantitative estimate of drug-likeness (QED) is 0.395. The third-order valence-electron chi connectivity index (χ3n) is 2.82. The summed E-state index contributed by atoms with van der Waals surface area (Å²) in [6.45, 7) is 0. The topological polar surface area (TPSA) is 78.4 Å². The third kappa shape index (κ3) is 3.63. The van der Waals surface area contributed by atoms with E-state index in [1.165, 1.54) is 30.0 Å². The molecule has 21 heavy (non-hydrogen) atoms. The normalized spacial score (nSPS) is 10.4. The van der Waals surface area contributed by atoms with Crippen molar-refractivity contribution in [3.05, 3.63) is 57.9 Å². The fourth-order valence-electron chi connectivity index (χ4n) is 1.72. The molecule has 0 aliphatic rings. The van der Waals surface area contributed by atoms with Crippen molar-refractivity contribution in [2.75, 3.05) is 12.8 Å². The molecule has 0 aliphatic carbocycles. The van der Waals surface area contributed by atoms with Gasteiger partial charge >= 0.3 is 5.69 Å². The van der Waals surface area contributed by atoms with Crippen LogP contribution in [-0.2, 0) is 5.75 Å². The Hall–Kier alpha value is -2.28. The van der Waals surface area contributed by atoms with Crippen molar-refractivity contribution in [1.82, 2.24) is 0 Å². The maximum Gasteiger partial charge on any atom is 0.304 e. The van der Waals surface area contributed by atoms with Crippen LogP contribution in [0.15, 0.2) is 41.3 Å². The second-order valence-electron chi connectivity index (χ2n) is 4.24. The van der Waals surface area contributed by atoms with Gasteiger partial charge in [-0.2, -0.15) is 4.39 Å². The third-order valence-corrected chi connectivity index (χ3v) is 3.97. The Balaban J connectivity index is 2.13. The minimum Gasteiger partial charge on any atom is -0.497 e. The van der Waals surface area contributed by atoms with Crippen LogP contribution in [0.5, 0.6) is 5.75 Å². The molecule has 0 heterocycles. The molecular weight excluding hydrogens is 295 g/mol. The van der Waals surface area contributed by atoms with Crippen molar-refractivity contribution in [3.8, 4) is 5.75 Å². The second kappa shape index (κ2) is 6.45. The summed E-state index contributed by atoms with van der Waals surface area (Å²) in [5, 5.41) is 10.6. The monoisotopic (exact) mass is 308 g/mol. The zero-order valence-corrected chi connectivity index (χ0v) is 12.0. The molecular formula is C14H13FN2O3S. The Labute approximate surface area is 125 Å². The van der Waals surface area contributed by atoms with Crippen LogP contribution in [0.2, 0.25) is 0 Å². The average molecular weight is 308 g/mol. The lowest BCUT2D eigenvalue weighted by molar-refractivity contribution is -0.387. The summed E-state index contributed by atoms with van der Waals surface area (Å²) in [5.74, 6) is 0.296. The van der Waals surface area contributed by atoms with Crippen molar-refractivity contribution < 1.29 is 14.1 Å². The van der Waals surface area contributed by atoms with Crippen molar-refractivity contribution in [1.29, 1.82) is 0 Å². The van der Waals surface area contributed by atoms with Gasteiger partial charge in [0.25, 0.3) is 0 Å². The summed E-state index contributed by atoms with van der Waals surface area (Å²) in [5.41, 5.74) is 6.58.